The van der Waals surface area contributed by atoms with Crippen LogP contribution in [-0.2, 0) is 17.6 Å². The molecule has 2 aromatic rings. The molecule has 0 aliphatic heterocycles. The Labute approximate surface area is 277 Å². The Morgan fingerprint density at radius 1 is 0.783 bits per heavy atom. The second kappa shape index (κ2) is 11.9. The average molecular weight is 637 g/mol. The Morgan fingerprint density at radius 2 is 1.37 bits per heavy atom. The molecule has 4 aliphatic carbocycles. The number of rotatable bonds is 8. The third kappa shape index (κ3) is 5.29. The van der Waals surface area contributed by atoms with Crippen molar-refractivity contribution >= 4 is 0 Å². The second-order valence-electron chi connectivity index (χ2n) is 17.6. The van der Waals surface area contributed by atoms with E-state index >= 15 is 0 Å². The highest BCUT2D eigenvalue weighted by Crippen LogP contribution is 2.65. The van der Waals surface area contributed by atoms with Gasteiger partial charge in [-0.15, -0.1) is 0 Å². The summed E-state index contributed by atoms with van der Waals surface area (Å²) in [5.41, 5.74) is 2.81. The quantitative estimate of drug-likeness (QED) is 0.252. The standard InChI is InChI=1S/C40H60O6/c1-25-29(12-11-27-14-21-44-23-27)38(7)18-9-16-36(3,4)34(38)30(41)32(25)46-33-26(2)40(43,20-13-28-15-22-45-24-28)39(8)19-10-17-37(5,6)35(39)31(33)42/h14-15,21-24,26,30-35,41-43H,9-13,16-20H2,1-8H3/t26-,30+,31-,32+,33-,34+,35+,38-,39+,40-/m1/s1. The normalized spacial score (nSPS) is 42.0. The van der Waals surface area contributed by atoms with Crippen molar-refractivity contribution in [3.8, 4) is 0 Å². The van der Waals surface area contributed by atoms with Gasteiger partial charge in [-0.3, -0.25) is 0 Å². The number of hydrogen-bond donors (Lipinski definition) is 3. The number of aliphatic hydroxyl groups is 3. The number of furan rings is 2. The molecule has 0 radical (unpaired) electrons. The summed E-state index contributed by atoms with van der Waals surface area (Å²) in [4.78, 5) is 0. The molecule has 10 atom stereocenters. The molecule has 0 unspecified atom stereocenters. The van der Waals surface area contributed by atoms with E-state index in [9.17, 15) is 15.3 Å². The van der Waals surface area contributed by atoms with Gasteiger partial charge in [0.2, 0.25) is 0 Å². The van der Waals surface area contributed by atoms with Crippen molar-refractivity contribution in [2.45, 2.75) is 150 Å². The summed E-state index contributed by atoms with van der Waals surface area (Å²) in [6, 6.07) is 4.02. The molecule has 6 rings (SSSR count). The molecule has 0 bridgehead atoms. The predicted molar refractivity (Wildman–Crippen MR) is 180 cm³/mol. The van der Waals surface area contributed by atoms with E-state index in [0.29, 0.717) is 12.8 Å². The summed E-state index contributed by atoms with van der Waals surface area (Å²) in [6.07, 6.45) is 13.6. The van der Waals surface area contributed by atoms with Crippen LogP contribution in [0.4, 0.5) is 0 Å². The molecule has 6 heteroatoms. The molecule has 0 spiro atoms. The lowest BCUT2D eigenvalue weighted by Gasteiger charge is -2.66. The van der Waals surface area contributed by atoms with E-state index in [2.05, 4.69) is 55.4 Å². The van der Waals surface area contributed by atoms with E-state index in [0.717, 1.165) is 62.5 Å². The van der Waals surface area contributed by atoms with Gasteiger partial charge in [0.25, 0.3) is 0 Å². The van der Waals surface area contributed by atoms with Gasteiger partial charge in [0.05, 0.1) is 49.0 Å². The van der Waals surface area contributed by atoms with Crippen LogP contribution in [0.5, 0.6) is 0 Å². The highest BCUT2D eigenvalue weighted by atomic mass is 16.5. The number of aryl methyl sites for hydroxylation is 2. The molecule has 3 saturated carbocycles. The second-order valence-corrected chi connectivity index (χ2v) is 17.6. The van der Waals surface area contributed by atoms with E-state index in [4.69, 9.17) is 13.6 Å². The van der Waals surface area contributed by atoms with Crippen LogP contribution in [0.25, 0.3) is 0 Å². The third-order valence-electron chi connectivity index (χ3n) is 14.2. The first kappa shape index (κ1) is 34.0. The first-order chi connectivity index (χ1) is 21.6. The van der Waals surface area contributed by atoms with Gasteiger partial charge >= 0.3 is 0 Å². The van der Waals surface area contributed by atoms with Crippen molar-refractivity contribution in [2.75, 3.05) is 0 Å². The molecule has 2 heterocycles. The lowest BCUT2D eigenvalue weighted by atomic mass is 9.42. The summed E-state index contributed by atoms with van der Waals surface area (Å²) in [5.74, 6) is -0.466. The molecule has 46 heavy (non-hydrogen) atoms. The molecule has 0 amide bonds. The van der Waals surface area contributed by atoms with Gasteiger partial charge in [0.15, 0.2) is 0 Å². The van der Waals surface area contributed by atoms with Gasteiger partial charge in [-0.25, -0.2) is 0 Å². The van der Waals surface area contributed by atoms with E-state index in [1.54, 1.807) is 18.8 Å². The van der Waals surface area contributed by atoms with Crippen LogP contribution >= 0.6 is 0 Å². The summed E-state index contributed by atoms with van der Waals surface area (Å²) < 4.78 is 18.0. The van der Waals surface area contributed by atoms with Gasteiger partial charge < -0.3 is 28.9 Å². The molecule has 4 aliphatic rings. The van der Waals surface area contributed by atoms with Crippen molar-refractivity contribution in [1.29, 1.82) is 0 Å². The maximum atomic E-state index is 13.0. The summed E-state index contributed by atoms with van der Waals surface area (Å²) in [5, 5.41) is 37.9. The number of ether oxygens (including phenoxy) is 1. The maximum Gasteiger partial charge on any atom is 0.105 e. The van der Waals surface area contributed by atoms with E-state index < -0.39 is 35.4 Å². The van der Waals surface area contributed by atoms with Crippen LogP contribution in [0.15, 0.2) is 57.2 Å². The average Bonchev–Trinajstić information content (AvgIpc) is 3.68. The number of allylic oxidation sites excluding steroid dienone is 1. The van der Waals surface area contributed by atoms with Gasteiger partial charge in [0.1, 0.15) is 6.10 Å². The summed E-state index contributed by atoms with van der Waals surface area (Å²) >= 11 is 0. The SMILES string of the molecule is CC1=C(CCc2ccoc2)[C@@]2(C)CCCC(C)(C)[C@@H]2[C@@H](O)[C@H]1O[C@H]1[C@@H](O)[C@H]2C(C)(C)CCC[C@]2(C)[C@@](O)(CCc2ccoc2)[C@@H]1C. The fraction of sp³-hybridized carbons (Fsp3) is 0.750. The van der Waals surface area contributed by atoms with Crippen molar-refractivity contribution in [2.24, 2.45) is 39.4 Å². The smallest absolute Gasteiger partial charge is 0.105 e. The Hall–Kier alpha value is -1.86. The Bertz CT molecular complexity index is 1370. The minimum Gasteiger partial charge on any atom is -0.472 e. The van der Waals surface area contributed by atoms with Crippen molar-refractivity contribution in [3.63, 3.8) is 0 Å². The Morgan fingerprint density at radius 3 is 1.98 bits per heavy atom. The molecule has 3 fully saturated rings. The number of aliphatic hydroxyl groups excluding tert-OH is 2. The van der Waals surface area contributed by atoms with Crippen LogP contribution in [0, 0.1) is 39.4 Å². The van der Waals surface area contributed by atoms with E-state index in [1.807, 2.05) is 18.4 Å². The van der Waals surface area contributed by atoms with Crippen LogP contribution in [0.3, 0.4) is 0 Å². The Balaban J connectivity index is 1.40. The van der Waals surface area contributed by atoms with Crippen molar-refractivity contribution < 1.29 is 28.9 Å². The maximum absolute atomic E-state index is 13.0. The minimum atomic E-state index is -1.07. The molecule has 3 N–H and O–H groups in total. The van der Waals surface area contributed by atoms with Gasteiger partial charge in [-0.2, -0.15) is 0 Å². The largest absolute Gasteiger partial charge is 0.472 e. The zero-order valence-corrected chi connectivity index (χ0v) is 29.6. The Kier molecular flexibility index (Phi) is 8.82. The topological polar surface area (TPSA) is 96.2 Å². The van der Waals surface area contributed by atoms with Crippen LogP contribution in [0.1, 0.15) is 118 Å². The first-order valence-corrected chi connectivity index (χ1v) is 18.0. The van der Waals surface area contributed by atoms with Crippen molar-refractivity contribution in [1.82, 2.24) is 0 Å². The van der Waals surface area contributed by atoms with Crippen LogP contribution in [-0.4, -0.2) is 45.3 Å². The van der Waals surface area contributed by atoms with E-state index in [1.165, 1.54) is 11.1 Å². The molecular formula is C40H60O6. The molecule has 0 saturated heterocycles. The van der Waals surface area contributed by atoms with Crippen molar-refractivity contribution in [3.05, 3.63) is 59.5 Å². The molecule has 256 valence electrons. The predicted octanol–water partition coefficient (Wildman–Crippen LogP) is 8.29. The molecular weight excluding hydrogens is 576 g/mol. The zero-order chi connectivity index (χ0) is 33.3. The van der Waals surface area contributed by atoms with Crippen LogP contribution in [0.2, 0.25) is 0 Å². The lowest BCUT2D eigenvalue weighted by molar-refractivity contribution is -0.296. The molecule has 0 aromatic carbocycles. The van der Waals surface area contributed by atoms with Crippen LogP contribution < -0.4 is 0 Å². The molecule has 2 aromatic heterocycles. The van der Waals surface area contributed by atoms with E-state index in [-0.39, 0.29) is 34.0 Å². The fourth-order valence-corrected chi connectivity index (χ4v) is 12.0. The first-order valence-electron chi connectivity index (χ1n) is 18.0. The highest BCUT2D eigenvalue weighted by molar-refractivity contribution is 5.34. The fourth-order valence-electron chi connectivity index (χ4n) is 12.0. The summed E-state index contributed by atoms with van der Waals surface area (Å²) in [6.45, 7) is 18.0. The van der Waals surface area contributed by atoms with Gasteiger partial charge in [-0.05, 0) is 103 Å². The van der Waals surface area contributed by atoms with Gasteiger partial charge in [0, 0.05) is 23.2 Å². The summed E-state index contributed by atoms with van der Waals surface area (Å²) in [7, 11) is 0. The number of fused-ring (bicyclic) bond motifs is 2. The third-order valence-corrected chi connectivity index (χ3v) is 14.2. The molecule has 6 nitrogen and oxygen atoms in total. The van der Waals surface area contributed by atoms with Gasteiger partial charge in [-0.1, -0.05) is 66.9 Å². The minimum absolute atomic E-state index is 0.0224. The number of hydrogen-bond acceptors (Lipinski definition) is 6. The zero-order valence-electron chi connectivity index (χ0n) is 29.6. The lowest BCUT2D eigenvalue weighted by Crippen LogP contribution is -2.72. The monoisotopic (exact) mass is 636 g/mol. The highest BCUT2D eigenvalue weighted by Gasteiger charge is 2.68.